The van der Waals surface area contributed by atoms with Gasteiger partial charge >= 0.3 is 0 Å². The number of hydrogen-bond acceptors (Lipinski definition) is 3. The third-order valence-electron chi connectivity index (χ3n) is 4.00. The van der Waals surface area contributed by atoms with E-state index in [4.69, 9.17) is 4.74 Å². The molecule has 5 heteroatoms. The summed E-state index contributed by atoms with van der Waals surface area (Å²) in [5.41, 5.74) is 0.513. The first-order valence-corrected chi connectivity index (χ1v) is 8.76. The van der Waals surface area contributed by atoms with Crippen molar-refractivity contribution in [2.45, 2.75) is 59.5 Å². The maximum Gasteiger partial charge on any atom is 0.251 e. The number of carbonyl (C=O) groups excluding carboxylic acids is 2. The maximum absolute atomic E-state index is 12.5. The molecule has 2 N–H and O–H groups in total. The fourth-order valence-electron chi connectivity index (χ4n) is 2.41. The van der Waals surface area contributed by atoms with Crippen molar-refractivity contribution in [3.8, 4) is 5.75 Å². The summed E-state index contributed by atoms with van der Waals surface area (Å²) in [5, 5.41) is 5.85. The Morgan fingerprint density at radius 1 is 1.00 bits per heavy atom. The molecule has 0 fully saturated rings. The van der Waals surface area contributed by atoms with Crippen molar-refractivity contribution in [1.29, 1.82) is 0 Å². The summed E-state index contributed by atoms with van der Waals surface area (Å²) in [7, 11) is 0. The molecule has 0 bridgehead atoms. The van der Waals surface area contributed by atoms with Crippen LogP contribution in [-0.2, 0) is 4.79 Å². The highest BCUT2D eigenvalue weighted by atomic mass is 16.5. The van der Waals surface area contributed by atoms with Crippen molar-refractivity contribution in [1.82, 2.24) is 10.6 Å². The number of nitrogens with one attached hydrogen (secondary N) is 2. The number of carbonyl (C=O) groups is 2. The molecular formula is C19H30N2O3. The third kappa shape index (κ3) is 5.87. The second-order valence-corrected chi connectivity index (χ2v) is 6.17. The van der Waals surface area contributed by atoms with Crippen LogP contribution in [0.3, 0.4) is 0 Å². The molecule has 1 aromatic carbocycles. The molecule has 0 aromatic heterocycles. The van der Waals surface area contributed by atoms with E-state index in [2.05, 4.69) is 10.6 Å². The highest BCUT2D eigenvalue weighted by molar-refractivity contribution is 5.97. The van der Waals surface area contributed by atoms with Crippen LogP contribution in [0.2, 0.25) is 0 Å². The first-order chi connectivity index (χ1) is 11.4. The fourth-order valence-corrected chi connectivity index (χ4v) is 2.41. The highest BCUT2D eigenvalue weighted by Gasteiger charge is 2.25. The normalized spacial score (nSPS) is 12.1. The van der Waals surface area contributed by atoms with Crippen LogP contribution >= 0.6 is 0 Å². The van der Waals surface area contributed by atoms with E-state index in [1.165, 1.54) is 0 Å². The van der Waals surface area contributed by atoms with Crippen LogP contribution in [0.5, 0.6) is 5.75 Å². The van der Waals surface area contributed by atoms with Gasteiger partial charge in [0.25, 0.3) is 5.91 Å². The monoisotopic (exact) mass is 334 g/mol. The molecule has 1 atom stereocenters. The van der Waals surface area contributed by atoms with E-state index in [1.807, 2.05) is 34.6 Å². The van der Waals surface area contributed by atoms with Crippen molar-refractivity contribution >= 4 is 11.8 Å². The van der Waals surface area contributed by atoms with E-state index < -0.39 is 6.04 Å². The zero-order valence-electron chi connectivity index (χ0n) is 15.4. The Morgan fingerprint density at radius 2 is 1.58 bits per heavy atom. The van der Waals surface area contributed by atoms with Crippen LogP contribution in [0.4, 0.5) is 0 Å². The molecule has 0 radical (unpaired) electrons. The van der Waals surface area contributed by atoms with Gasteiger partial charge in [-0.1, -0.05) is 27.7 Å². The lowest BCUT2D eigenvalue weighted by Gasteiger charge is -2.24. The fraction of sp³-hybridized carbons (Fsp3) is 0.579. The summed E-state index contributed by atoms with van der Waals surface area (Å²) in [6.07, 6.45) is 1.75. The van der Waals surface area contributed by atoms with E-state index in [0.717, 1.165) is 18.6 Å². The van der Waals surface area contributed by atoms with Crippen molar-refractivity contribution < 1.29 is 14.3 Å². The Morgan fingerprint density at radius 3 is 2.04 bits per heavy atom. The molecule has 0 heterocycles. The van der Waals surface area contributed by atoms with Crippen LogP contribution in [0.1, 0.15) is 57.8 Å². The molecule has 0 saturated heterocycles. The molecular weight excluding hydrogens is 304 g/mol. The van der Waals surface area contributed by atoms with Gasteiger partial charge in [-0.25, -0.2) is 0 Å². The Bertz CT molecular complexity index is 522. The number of hydrogen-bond donors (Lipinski definition) is 2. The first-order valence-electron chi connectivity index (χ1n) is 8.76. The summed E-state index contributed by atoms with van der Waals surface area (Å²) in [4.78, 5) is 24.9. The number of rotatable bonds is 9. The Balaban J connectivity index is 2.76. The maximum atomic E-state index is 12.5. The first kappa shape index (κ1) is 20.0. The Hall–Kier alpha value is -2.04. The second kappa shape index (κ2) is 9.96. The molecule has 24 heavy (non-hydrogen) atoms. The van der Waals surface area contributed by atoms with Gasteiger partial charge in [-0.3, -0.25) is 9.59 Å². The van der Waals surface area contributed by atoms with Crippen LogP contribution < -0.4 is 15.4 Å². The SMILES string of the molecule is CCOc1ccc(C(=O)NC(C(=O)NC(CC)CC)C(C)C)cc1. The lowest BCUT2D eigenvalue weighted by molar-refractivity contribution is -0.124. The highest BCUT2D eigenvalue weighted by Crippen LogP contribution is 2.13. The van der Waals surface area contributed by atoms with E-state index in [9.17, 15) is 9.59 Å². The van der Waals surface area contributed by atoms with Gasteiger partial charge in [0, 0.05) is 11.6 Å². The molecule has 0 saturated carbocycles. The van der Waals surface area contributed by atoms with E-state index in [1.54, 1.807) is 24.3 Å². The zero-order valence-corrected chi connectivity index (χ0v) is 15.4. The summed E-state index contributed by atoms with van der Waals surface area (Å²) >= 11 is 0. The topological polar surface area (TPSA) is 67.4 Å². The molecule has 0 aliphatic rings. The van der Waals surface area contributed by atoms with Gasteiger partial charge in [0.05, 0.1) is 6.61 Å². The Kier molecular flexibility index (Phi) is 8.30. The third-order valence-corrected chi connectivity index (χ3v) is 4.00. The summed E-state index contributed by atoms with van der Waals surface area (Å²) in [6.45, 7) is 10.4. The summed E-state index contributed by atoms with van der Waals surface area (Å²) < 4.78 is 5.37. The predicted molar refractivity (Wildman–Crippen MR) is 96.2 cm³/mol. The van der Waals surface area contributed by atoms with Gasteiger partial charge in [0.1, 0.15) is 11.8 Å². The average Bonchev–Trinajstić information content (AvgIpc) is 2.57. The van der Waals surface area contributed by atoms with Crippen LogP contribution in [0, 0.1) is 5.92 Å². The number of amides is 2. The number of ether oxygens (including phenoxy) is 1. The summed E-state index contributed by atoms with van der Waals surface area (Å²) in [6, 6.07) is 6.51. The van der Waals surface area contributed by atoms with Crippen LogP contribution in [0.15, 0.2) is 24.3 Å². The van der Waals surface area contributed by atoms with Crippen LogP contribution in [0.25, 0.3) is 0 Å². The molecule has 2 amide bonds. The summed E-state index contributed by atoms with van der Waals surface area (Å²) in [5.74, 6) is 0.348. The Labute approximate surface area is 145 Å². The van der Waals surface area contributed by atoms with Gasteiger partial charge in [0.2, 0.25) is 5.91 Å². The van der Waals surface area contributed by atoms with Crippen molar-refractivity contribution in [3.63, 3.8) is 0 Å². The lowest BCUT2D eigenvalue weighted by Crippen LogP contribution is -2.51. The average molecular weight is 334 g/mol. The zero-order chi connectivity index (χ0) is 18.1. The minimum Gasteiger partial charge on any atom is -0.494 e. The molecule has 0 aliphatic carbocycles. The molecule has 0 spiro atoms. The van der Waals surface area contributed by atoms with Gasteiger partial charge in [0.15, 0.2) is 0 Å². The van der Waals surface area contributed by atoms with Crippen molar-refractivity contribution in [2.75, 3.05) is 6.61 Å². The van der Waals surface area contributed by atoms with Crippen LogP contribution in [-0.4, -0.2) is 30.5 Å². The standard InChI is InChI=1S/C19H30N2O3/c1-6-15(7-2)20-19(23)17(13(4)5)21-18(22)14-9-11-16(12-10-14)24-8-3/h9-13,15,17H,6-8H2,1-5H3,(H,20,23)(H,21,22). The molecule has 0 aliphatic heterocycles. The number of benzene rings is 1. The van der Waals surface area contributed by atoms with Gasteiger partial charge in [-0.05, 0) is 49.9 Å². The van der Waals surface area contributed by atoms with Crippen molar-refractivity contribution in [2.24, 2.45) is 5.92 Å². The van der Waals surface area contributed by atoms with Gasteiger partial charge in [-0.15, -0.1) is 0 Å². The van der Waals surface area contributed by atoms with Gasteiger partial charge in [-0.2, -0.15) is 0 Å². The van der Waals surface area contributed by atoms with Gasteiger partial charge < -0.3 is 15.4 Å². The molecule has 1 aromatic rings. The lowest BCUT2D eigenvalue weighted by atomic mass is 10.0. The van der Waals surface area contributed by atoms with E-state index in [-0.39, 0.29) is 23.8 Å². The van der Waals surface area contributed by atoms with E-state index >= 15 is 0 Å². The minimum absolute atomic E-state index is 0.00556. The molecule has 1 unspecified atom stereocenters. The van der Waals surface area contributed by atoms with Crippen molar-refractivity contribution in [3.05, 3.63) is 29.8 Å². The predicted octanol–water partition coefficient (Wildman–Crippen LogP) is 3.14. The molecule has 134 valence electrons. The largest absolute Gasteiger partial charge is 0.494 e. The second-order valence-electron chi connectivity index (χ2n) is 6.17. The van der Waals surface area contributed by atoms with E-state index in [0.29, 0.717) is 12.2 Å². The molecule has 1 rings (SSSR count). The smallest absolute Gasteiger partial charge is 0.251 e. The molecule has 5 nitrogen and oxygen atoms in total. The minimum atomic E-state index is -0.551. The quantitative estimate of drug-likeness (QED) is 0.729.